The number of hydrogen-bond donors (Lipinski definition) is 3. The lowest BCUT2D eigenvalue weighted by molar-refractivity contribution is -0.142. The van der Waals surface area contributed by atoms with E-state index in [1.54, 1.807) is 23.5 Å². The van der Waals surface area contributed by atoms with Crippen LogP contribution in [-0.4, -0.2) is 62.4 Å². The molecule has 0 aliphatic carbocycles. The Hall–Kier alpha value is -3.15. The third-order valence-electron chi connectivity index (χ3n) is 7.02. The number of carbonyl (C=O) groups is 3. The molecule has 3 heterocycles. The van der Waals surface area contributed by atoms with Crippen LogP contribution in [0.5, 0.6) is 0 Å². The van der Waals surface area contributed by atoms with Crippen LogP contribution in [0.15, 0.2) is 52.7 Å². The molecule has 11 heteroatoms. The fourth-order valence-electron chi connectivity index (χ4n) is 4.77. The van der Waals surface area contributed by atoms with Gasteiger partial charge in [-0.1, -0.05) is 45.0 Å². The Morgan fingerprint density at radius 1 is 1.12 bits per heavy atom. The zero-order valence-electron chi connectivity index (χ0n) is 23.1. The van der Waals surface area contributed by atoms with E-state index >= 15 is 0 Å². The molecular formula is C29H34BrN5O4S. The number of pyridine rings is 1. The number of aliphatic hydroxyl groups excluding tert-OH is 1. The van der Waals surface area contributed by atoms with Crippen LogP contribution >= 0.6 is 27.3 Å². The van der Waals surface area contributed by atoms with Crippen molar-refractivity contribution in [1.29, 1.82) is 0 Å². The van der Waals surface area contributed by atoms with Crippen LogP contribution in [0.4, 0.5) is 0 Å². The molecule has 4 rings (SSSR count). The summed E-state index contributed by atoms with van der Waals surface area (Å²) in [6.45, 7) is 9.41. The number of benzene rings is 1. The highest BCUT2D eigenvalue weighted by atomic mass is 79.9. The highest BCUT2D eigenvalue weighted by Crippen LogP contribution is 2.29. The maximum atomic E-state index is 13.8. The number of aromatic nitrogens is 2. The van der Waals surface area contributed by atoms with Gasteiger partial charge in [0.15, 0.2) is 0 Å². The standard InChI is InChI=1S/C29H34BrN5O4S/c1-16(18-6-8-19(9-7-18)24-17(2)32-15-40-24)33-27(38)22-13-21(36)14-35(22)28(39)25(29(3,4)5)34-26(37)20-10-11-31-23(30)12-20/h6-12,15-16,21-22,25,36H,13-14H2,1-5H3,(H,33,38)(H,34,37)/t16-,21+,22-,25+/m0/s1. The summed E-state index contributed by atoms with van der Waals surface area (Å²) in [4.78, 5) is 51.1. The molecule has 3 amide bonds. The van der Waals surface area contributed by atoms with Crippen molar-refractivity contribution in [3.05, 3.63) is 69.5 Å². The van der Waals surface area contributed by atoms with Crippen molar-refractivity contribution in [3.8, 4) is 10.4 Å². The molecule has 0 bridgehead atoms. The zero-order valence-corrected chi connectivity index (χ0v) is 25.5. The predicted molar refractivity (Wildman–Crippen MR) is 158 cm³/mol. The molecule has 0 saturated carbocycles. The quantitative estimate of drug-likeness (QED) is 0.336. The Morgan fingerprint density at radius 2 is 1.82 bits per heavy atom. The predicted octanol–water partition coefficient (Wildman–Crippen LogP) is 4.26. The van der Waals surface area contributed by atoms with Gasteiger partial charge in [-0.3, -0.25) is 14.4 Å². The Balaban J connectivity index is 1.48. The zero-order chi connectivity index (χ0) is 29.2. The van der Waals surface area contributed by atoms with Gasteiger partial charge in [0, 0.05) is 24.7 Å². The van der Waals surface area contributed by atoms with Gasteiger partial charge < -0.3 is 20.6 Å². The van der Waals surface area contributed by atoms with Crippen molar-refractivity contribution in [2.24, 2.45) is 5.41 Å². The normalized spacial score (nSPS) is 18.7. The summed E-state index contributed by atoms with van der Waals surface area (Å²) in [7, 11) is 0. The number of thiazole rings is 1. The van der Waals surface area contributed by atoms with E-state index in [9.17, 15) is 19.5 Å². The largest absolute Gasteiger partial charge is 0.391 e. The fourth-order valence-corrected chi connectivity index (χ4v) is 5.95. The number of rotatable bonds is 7. The third-order valence-corrected chi connectivity index (χ3v) is 8.43. The van der Waals surface area contributed by atoms with E-state index < -0.39 is 35.4 Å². The molecule has 40 heavy (non-hydrogen) atoms. The Morgan fingerprint density at radius 3 is 2.42 bits per heavy atom. The van der Waals surface area contributed by atoms with E-state index in [4.69, 9.17) is 0 Å². The van der Waals surface area contributed by atoms with Crippen molar-refractivity contribution in [1.82, 2.24) is 25.5 Å². The summed E-state index contributed by atoms with van der Waals surface area (Å²) >= 11 is 4.84. The number of amides is 3. The highest BCUT2D eigenvalue weighted by Gasteiger charge is 2.44. The number of aliphatic hydroxyl groups is 1. The van der Waals surface area contributed by atoms with Crippen molar-refractivity contribution in [2.75, 3.05) is 6.54 Å². The van der Waals surface area contributed by atoms with Crippen LogP contribution in [0, 0.1) is 12.3 Å². The van der Waals surface area contributed by atoms with E-state index in [0.29, 0.717) is 10.2 Å². The van der Waals surface area contributed by atoms with E-state index in [-0.39, 0.29) is 24.9 Å². The second kappa shape index (κ2) is 12.2. The van der Waals surface area contributed by atoms with Gasteiger partial charge in [-0.05, 0) is 58.5 Å². The molecule has 1 fully saturated rings. The molecule has 0 unspecified atom stereocenters. The summed E-state index contributed by atoms with van der Waals surface area (Å²) in [5, 5.41) is 16.3. The maximum absolute atomic E-state index is 13.8. The van der Waals surface area contributed by atoms with Gasteiger partial charge in [0.1, 0.15) is 16.7 Å². The molecule has 0 spiro atoms. The van der Waals surface area contributed by atoms with Crippen molar-refractivity contribution in [3.63, 3.8) is 0 Å². The molecule has 212 valence electrons. The number of hydrogen-bond acceptors (Lipinski definition) is 7. The van der Waals surface area contributed by atoms with Crippen LogP contribution in [0.3, 0.4) is 0 Å². The summed E-state index contributed by atoms with van der Waals surface area (Å²) < 4.78 is 0.501. The van der Waals surface area contributed by atoms with Gasteiger partial charge in [0.05, 0.1) is 28.2 Å². The lowest BCUT2D eigenvalue weighted by atomic mass is 9.85. The monoisotopic (exact) mass is 627 g/mol. The van der Waals surface area contributed by atoms with E-state index in [1.807, 2.05) is 64.4 Å². The molecule has 2 aromatic heterocycles. The molecule has 1 aliphatic heterocycles. The van der Waals surface area contributed by atoms with Gasteiger partial charge >= 0.3 is 0 Å². The van der Waals surface area contributed by atoms with Gasteiger partial charge in [-0.2, -0.15) is 0 Å². The molecule has 3 N–H and O–H groups in total. The van der Waals surface area contributed by atoms with Gasteiger partial charge in [0.25, 0.3) is 5.91 Å². The number of β-amino-alcohol motifs (C(OH)–C–C–N with tert-alkyl or cyclic N) is 1. The molecule has 9 nitrogen and oxygen atoms in total. The van der Waals surface area contributed by atoms with E-state index in [1.165, 1.54) is 11.1 Å². The minimum absolute atomic E-state index is 0.0114. The first kappa shape index (κ1) is 29.8. The number of likely N-dealkylation sites (tertiary alicyclic amines) is 1. The first-order chi connectivity index (χ1) is 18.8. The Labute approximate surface area is 246 Å². The number of halogens is 1. The average molecular weight is 629 g/mol. The smallest absolute Gasteiger partial charge is 0.252 e. The van der Waals surface area contributed by atoms with Crippen molar-refractivity contribution >= 4 is 45.0 Å². The average Bonchev–Trinajstić information content (AvgIpc) is 3.51. The third kappa shape index (κ3) is 6.76. The number of carbonyl (C=O) groups excluding carboxylic acids is 3. The van der Waals surface area contributed by atoms with Crippen LogP contribution in [0.25, 0.3) is 10.4 Å². The fraction of sp³-hybridized carbons (Fsp3) is 0.414. The van der Waals surface area contributed by atoms with E-state index in [0.717, 1.165) is 21.7 Å². The van der Waals surface area contributed by atoms with E-state index in [2.05, 4.69) is 36.5 Å². The second-order valence-corrected chi connectivity index (χ2v) is 12.8. The number of nitrogens with zero attached hydrogens (tertiary/aromatic N) is 3. The molecular weight excluding hydrogens is 594 g/mol. The summed E-state index contributed by atoms with van der Waals surface area (Å²) in [5.41, 5.74) is 4.47. The molecule has 3 aromatic rings. The topological polar surface area (TPSA) is 125 Å². The second-order valence-electron chi connectivity index (χ2n) is 11.2. The minimum Gasteiger partial charge on any atom is -0.391 e. The SMILES string of the molecule is Cc1ncsc1-c1ccc([C@H](C)NC(=O)[C@@H]2C[C@@H](O)CN2C(=O)[C@@H](NC(=O)c2ccnc(Br)c2)C(C)(C)C)cc1. The molecule has 1 aliphatic rings. The van der Waals surface area contributed by atoms with Crippen LogP contribution < -0.4 is 10.6 Å². The minimum atomic E-state index is -0.923. The Bertz CT molecular complexity index is 1390. The summed E-state index contributed by atoms with van der Waals surface area (Å²) in [5.74, 6) is -1.19. The summed E-state index contributed by atoms with van der Waals surface area (Å²) in [6.07, 6.45) is 0.777. The number of nitrogens with one attached hydrogen (secondary N) is 2. The van der Waals surface area contributed by atoms with Gasteiger partial charge in [-0.15, -0.1) is 11.3 Å². The summed E-state index contributed by atoms with van der Waals surface area (Å²) in [6, 6.07) is 8.98. The van der Waals surface area contributed by atoms with Crippen molar-refractivity contribution < 1.29 is 19.5 Å². The highest BCUT2D eigenvalue weighted by molar-refractivity contribution is 9.10. The molecule has 0 radical (unpaired) electrons. The number of aryl methyl sites for hydroxylation is 1. The van der Waals surface area contributed by atoms with Crippen LogP contribution in [0.2, 0.25) is 0 Å². The molecule has 1 saturated heterocycles. The molecule has 4 atom stereocenters. The van der Waals surface area contributed by atoms with Crippen LogP contribution in [-0.2, 0) is 9.59 Å². The van der Waals surface area contributed by atoms with Crippen molar-refractivity contribution in [2.45, 2.75) is 65.3 Å². The lowest BCUT2D eigenvalue weighted by Crippen LogP contribution is -2.57. The lowest BCUT2D eigenvalue weighted by Gasteiger charge is -2.35. The van der Waals surface area contributed by atoms with Gasteiger partial charge in [-0.25, -0.2) is 9.97 Å². The van der Waals surface area contributed by atoms with Crippen LogP contribution in [0.1, 0.15) is 61.8 Å². The first-order valence-electron chi connectivity index (χ1n) is 13.1. The first-order valence-corrected chi connectivity index (χ1v) is 14.7. The molecule has 1 aromatic carbocycles. The Kier molecular flexibility index (Phi) is 9.06. The maximum Gasteiger partial charge on any atom is 0.252 e. The van der Waals surface area contributed by atoms with Gasteiger partial charge in [0.2, 0.25) is 11.8 Å².